The van der Waals surface area contributed by atoms with Crippen molar-refractivity contribution in [1.29, 1.82) is 0 Å². The summed E-state index contributed by atoms with van der Waals surface area (Å²) in [6.07, 6.45) is -0.885. The molecule has 5 heteroatoms. The zero-order chi connectivity index (χ0) is 14.5. The molecule has 1 unspecified atom stereocenters. The van der Waals surface area contributed by atoms with E-state index in [1.165, 1.54) is 0 Å². The highest BCUT2D eigenvalue weighted by molar-refractivity contribution is 5.84. The fourth-order valence-corrected chi connectivity index (χ4v) is 1.48. The van der Waals surface area contributed by atoms with E-state index < -0.39 is 17.8 Å². The maximum Gasteiger partial charge on any atom is 0.412 e. The third-order valence-electron chi connectivity index (χ3n) is 2.28. The lowest BCUT2D eigenvalue weighted by Gasteiger charge is -2.19. The molecule has 0 spiro atoms. The number of ether oxygens (including phenoxy) is 1. The number of hydrogen-bond donors (Lipinski definition) is 3. The van der Waals surface area contributed by atoms with Crippen LogP contribution in [0.2, 0.25) is 0 Å². The number of carbonyl (C=O) groups excluding carboxylic acids is 1. The summed E-state index contributed by atoms with van der Waals surface area (Å²) in [6, 6.07) is 7.02. The Morgan fingerprint density at radius 2 is 1.89 bits per heavy atom. The van der Waals surface area contributed by atoms with Gasteiger partial charge in [-0.3, -0.25) is 5.32 Å². The first-order valence-electron chi connectivity index (χ1n) is 6.18. The van der Waals surface area contributed by atoms with Crippen LogP contribution in [0.3, 0.4) is 0 Å². The van der Waals surface area contributed by atoms with Crippen LogP contribution < -0.4 is 5.32 Å². The van der Waals surface area contributed by atoms with E-state index in [4.69, 9.17) is 9.84 Å². The largest absolute Gasteiger partial charge is 0.444 e. The maximum atomic E-state index is 11.5. The van der Waals surface area contributed by atoms with Crippen molar-refractivity contribution in [2.24, 2.45) is 0 Å². The molecule has 0 aromatic heterocycles. The number of anilines is 1. The molecule has 1 aromatic carbocycles. The van der Waals surface area contributed by atoms with Gasteiger partial charge >= 0.3 is 6.09 Å². The van der Waals surface area contributed by atoms with Crippen molar-refractivity contribution in [2.75, 3.05) is 11.9 Å². The second-order valence-electron chi connectivity index (χ2n) is 5.36. The summed E-state index contributed by atoms with van der Waals surface area (Å²) in [4.78, 5) is 11.5. The first kappa shape index (κ1) is 15.5. The second-order valence-corrected chi connectivity index (χ2v) is 5.36. The molecule has 5 nitrogen and oxygen atoms in total. The van der Waals surface area contributed by atoms with Gasteiger partial charge in [-0.15, -0.1) is 0 Å². The Morgan fingerprint density at radius 3 is 2.37 bits per heavy atom. The fourth-order valence-electron chi connectivity index (χ4n) is 1.48. The van der Waals surface area contributed by atoms with Gasteiger partial charge < -0.3 is 14.9 Å². The van der Waals surface area contributed by atoms with Gasteiger partial charge in [0.25, 0.3) is 0 Å². The molecular formula is C14H21NO4. The molecule has 0 fully saturated rings. The van der Waals surface area contributed by atoms with Crippen molar-refractivity contribution in [3.05, 3.63) is 29.8 Å². The molecule has 3 N–H and O–H groups in total. The van der Waals surface area contributed by atoms with Gasteiger partial charge in [-0.25, -0.2) is 4.79 Å². The SMILES string of the molecule is CC(C)(C)OC(=O)Nc1ccc(CC(O)CO)cc1. The van der Waals surface area contributed by atoms with Crippen LogP contribution in [0.15, 0.2) is 24.3 Å². The lowest BCUT2D eigenvalue weighted by Crippen LogP contribution is -2.27. The standard InChI is InChI=1S/C14H21NO4/c1-14(2,3)19-13(18)15-11-6-4-10(5-7-11)8-12(17)9-16/h4-7,12,16-17H,8-9H2,1-3H3,(H,15,18). The number of carbonyl (C=O) groups is 1. The number of rotatable bonds is 4. The predicted octanol–water partition coefficient (Wildman–Crippen LogP) is 1.93. The number of hydrogen-bond acceptors (Lipinski definition) is 4. The second kappa shape index (κ2) is 6.54. The molecule has 0 aliphatic carbocycles. The summed E-state index contributed by atoms with van der Waals surface area (Å²) in [5.74, 6) is 0. The summed E-state index contributed by atoms with van der Waals surface area (Å²) in [7, 11) is 0. The minimum absolute atomic E-state index is 0.266. The van der Waals surface area contributed by atoms with Gasteiger partial charge in [0, 0.05) is 12.1 Å². The molecule has 1 amide bonds. The fraction of sp³-hybridized carbons (Fsp3) is 0.500. The van der Waals surface area contributed by atoms with Crippen LogP contribution in [-0.2, 0) is 11.2 Å². The summed E-state index contributed by atoms with van der Waals surface area (Å²) in [5.41, 5.74) is 0.975. The normalized spacial score (nSPS) is 12.9. The maximum absolute atomic E-state index is 11.5. The molecule has 0 aliphatic rings. The lowest BCUT2D eigenvalue weighted by molar-refractivity contribution is 0.0636. The van der Waals surface area contributed by atoms with Gasteiger partial charge in [0.15, 0.2) is 0 Å². The highest BCUT2D eigenvalue weighted by atomic mass is 16.6. The van der Waals surface area contributed by atoms with E-state index >= 15 is 0 Å². The number of benzene rings is 1. The van der Waals surface area contributed by atoms with Gasteiger partial charge in [0.2, 0.25) is 0 Å². The molecule has 1 aromatic rings. The van der Waals surface area contributed by atoms with Crippen LogP contribution in [0, 0.1) is 0 Å². The molecule has 19 heavy (non-hydrogen) atoms. The van der Waals surface area contributed by atoms with Crippen LogP contribution in [0.5, 0.6) is 0 Å². The van der Waals surface area contributed by atoms with E-state index in [1.807, 2.05) is 0 Å². The van der Waals surface area contributed by atoms with E-state index in [-0.39, 0.29) is 6.61 Å². The first-order chi connectivity index (χ1) is 8.80. The van der Waals surface area contributed by atoms with Gasteiger partial charge in [-0.2, -0.15) is 0 Å². The molecule has 0 bridgehead atoms. The summed E-state index contributed by atoms with van der Waals surface area (Å²) < 4.78 is 5.13. The van der Waals surface area contributed by atoms with Crippen LogP contribution in [0.25, 0.3) is 0 Å². The van der Waals surface area contributed by atoms with E-state index in [0.29, 0.717) is 12.1 Å². The molecular weight excluding hydrogens is 246 g/mol. The molecule has 0 heterocycles. The van der Waals surface area contributed by atoms with Crippen molar-refractivity contribution in [2.45, 2.75) is 38.9 Å². The molecule has 106 valence electrons. The highest BCUT2D eigenvalue weighted by Gasteiger charge is 2.16. The van der Waals surface area contributed by atoms with E-state index in [2.05, 4.69) is 5.32 Å². The van der Waals surface area contributed by atoms with Crippen molar-refractivity contribution >= 4 is 11.8 Å². The molecule has 1 atom stereocenters. The summed E-state index contributed by atoms with van der Waals surface area (Å²) >= 11 is 0. The molecule has 0 saturated heterocycles. The number of aliphatic hydroxyl groups excluding tert-OH is 2. The minimum Gasteiger partial charge on any atom is -0.444 e. The Balaban J connectivity index is 2.55. The highest BCUT2D eigenvalue weighted by Crippen LogP contribution is 2.13. The monoisotopic (exact) mass is 267 g/mol. The van der Waals surface area contributed by atoms with E-state index in [0.717, 1.165) is 5.56 Å². The van der Waals surface area contributed by atoms with Gasteiger partial charge in [0.1, 0.15) is 5.60 Å². The Kier molecular flexibility index (Phi) is 5.32. The molecule has 0 aliphatic heterocycles. The molecule has 0 radical (unpaired) electrons. The van der Waals surface area contributed by atoms with Crippen molar-refractivity contribution in [3.63, 3.8) is 0 Å². The third-order valence-corrected chi connectivity index (χ3v) is 2.28. The Labute approximate surface area is 113 Å². The first-order valence-corrected chi connectivity index (χ1v) is 6.18. The van der Waals surface area contributed by atoms with Crippen molar-refractivity contribution < 1.29 is 19.7 Å². The Morgan fingerprint density at radius 1 is 1.32 bits per heavy atom. The van der Waals surface area contributed by atoms with Gasteiger partial charge in [0.05, 0.1) is 12.7 Å². The van der Waals surface area contributed by atoms with Crippen LogP contribution >= 0.6 is 0 Å². The average molecular weight is 267 g/mol. The summed E-state index contributed by atoms with van der Waals surface area (Å²) in [6.45, 7) is 5.13. The van der Waals surface area contributed by atoms with Crippen LogP contribution in [-0.4, -0.2) is 34.6 Å². The van der Waals surface area contributed by atoms with E-state index in [1.54, 1.807) is 45.0 Å². The zero-order valence-corrected chi connectivity index (χ0v) is 11.5. The van der Waals surface area contributed by atoms with Gasteiger partial charge in [-0.05, 0) is 38.5 Å². The van der Waals surface area contributed by atoms with Gasteiger partial charge in [-0.1, -0.05) is 12.1 Å². The van der Waals surface area contributed by atoms with Crippen molar-refractivity contribution in [1.82, 2.24) is 0 Å². The number of amides is 1. The number of nitrogens with one attached hydrogen (secondary N) is 1. The Bertz CT molecular complexity index is 408. The smallest absolute Gasteiger partial charge is 0.412 e. The third kappa shape index (κ3) is 6.22. The zero-order valence-electron chi connectivity index (χ0n) is 11.5. The van der Waals surface area contributed by atoms with Crippen LogP contribution in [0.4, 0.5) is 10.5 Å². The van der Waals surface area contributed by atoms with Crippen molar-refractivity contribution in [3.8, 4) is 0 Å². The minimum atomic E-state index is -0.760. The lowest BCUT2D eigenvalue weighted by atomic mass is 10.1. The van der Waals surface area contributed by atoms with E-state index in [9.17, 15) is 9.90 Å². The Hall–Kier alpha value is -1.59. The molecule has 1 rings (SSSR count). The van der Waals surface area contributed by atoms with Crippen LogP contribution in [0.1, 0.15) is 26.3 Å². The number of aliphatic hydroxyl groups is 2. The topological polar surface area (TPSA) is 78.8 Å². The molecule has 0 saturated carbocycles. The average Bonchev–Trinajstić information content (AvgIpc) is 2.29. The summed E-state index contributed by atoms with van der Waals surface area (Å²) in [5, 5.41) is 20.7. The predicted molar refractivity (Wildman–Crippen MR) is 73.1 cm³/mol. The quantitative estimate of drug-likeness (QED) is 0.779.